The zero-order valence-electron chi connectivity index (χ0n) is 10.9. The molecule has 0 aromatic heterocycles. The van der Waals surface area contributed by atoms with E-state index < -0.39 is 10.8 Å². The van der Waals surface area contributed by atoms with Crippen LogP contribution < -0.4 is 11.1 Å². The molecule has 0 spiro atoms. The third-order valence-corrected chi connectivity index (χ3v) is 5.15. The number of anilines is 2. The first-order chi connectivity index (χ1) is 9.15. The van der Waals surface area contributed by atoms with Crippen LogP contribution in [0.1, 0.15) is 32.1 Å². The standard InChI is InChI=1S/C14H20N2O2S/c15-11-6-8-12(9-7-11)16-14(17)10-19(18)13-4-2-1-3-5-13/h6-9,13H,1-5,10,15H2,(H,16,17). The van der Waals surface area contributed by atoms with Gasteiger partial charge in [0.15, 0.2) is 0 Å². The number of carbonyl (C=O) groups excluding carboxylic acids is 1. The fourth-order valence-corrected chi connectivity index (χ4v) is 3.76. The number of nitrogens with one attached hydrogen (secondary N) is 1. The lowest BCUT2D eigenvalue weighted by Crippen LogP contribution is -2.27. The number of hydrogen-bond acceptors (Lipinski definition) is 3. The summed E-state index contributed by atoms with van der Waals surface area (Å²) in [5, 5.41) is 2.95. The summed E-state index contributed by atoms with van der Waals surface area (Å²) >= 11 is 0. The predicted molar refractivity (Wildman–Crippen MR) is 79.4 cm³/mol. The highest BCUT2D eigenvalue weighted by Gasteiger charge is 2.21. The van der Waals surface area contributed by atoms with Crippen molar-refractivity contribution in [2.24, 2.45) is 0 Å². The van der Waals surface area contributed by atoms with E-state index >= 15 is 0 Å². The van der Waals surface area contributed by atoms with E-state index in [9.17, 15) is 9.00 Å². The molecule has 0 saturated heterocycles. The van der Waals surface area contributed by atoms with E-state index in [4.69, 9.17) is 5.73 Å². The third kappa shape index (κ3) is 4.35. The van der Waals surface area contributed by atoms with Crippen molar-refractivity contribution in [3.63, 3.8) is 0 Å². The zero-order chi connectivity index (χ0) is 13.7. The van der Waals surface area contributed by atoms with Crippen LogP contribution in [0.25, 0.3) is 0 Å². The van der Waals surface area contributed by atoms with Crippen molar-refractivity contribution in [2.45, 2.75) is 37.4 Å². The first-order valence-corrected chi connectivity index (χ1v) is 8.06. The summed E-state index contributed by atoms with van der Waals surface area (Å²) in [4.78, 5) is 11.8. The second-order valence-corrected chi connectivity index (χ2v) is 6.67. The molecule has 1 aromatic carbocycles. The van der Waals surface area contributed by atoms with E-state index in [0.717, 1.165) is 25.7 Å². The van der Waals surface area contributed by atoms with E-state index in [1.807, 2.05) is 0 Å². The van der Waals surface area contributed by atoms with Gasteiger partial charge in [-0.1, -0.05) is 19.3 Å². The van der Waals surface area contributed by atoms with Crippen molar-refractivity contribution < 1.29 is 9.00 Å². The maximum absolute atomic E-state index is 12.1. The second-order valence-electron chi connectivity index (χ2n) is 4.96. The smallest absolute Gasteiger partial charge is 0.237 e. The molecule has 1 aliphatic carbocycles. The molecule has 1 fully saturated rings. The lowest BCUT2D eigenvalue weighted by molar-refractivity contribution is -0.113. The van der Waals surface area contributed by atoms with Gasteiger partial charge in [-0.05, 0) is 37.1 Å². The Kier molecular flexibility index (Phi) is 4.96. The van der Waals surface area contributed by atoms with Crippen molar-refractivity contribution in [3.8, 4) is 0 Å². The summed E-state index contributed by atoms with van der Waals surface area (Å²) in [5.41, 5.74) is 6.92. The Bertz CT molecular complexity index is 453. The molecule has 1 unspecified atom stereocenters. The zero-order valence-corrected chi connectivity index (χ0v) is 11.7. The van der Waals surface area contributed by atoms with E-state index in [-0.39, 0.29) is 16.9 Å². The quantitative estimate of drug-likeness (QED) is 0.831. The van der Waals surface area contributed by atoms with E-state index in [1.54, 1.807) is 24.3 Å². The van der Waals surface area contributed by atoms with Gasteiger partial charge in [0.25, 0.3) is 0 Å². The number of amides is 1. The van der Waals surface area contributed by atoms with Gasteiger partial charge < -0.3 is 11.1 Å². The summed E-state index contributed by atoms with van der Waals surface area (Å²) in [6.07, 6.45) is 5.47. The molecule has 0 aliphatic heterocycles. The number of rotatable bonds is 4. The Morgan fingerprint density at radius 2 is 1.84 bits per heavy atom. The lowest BCUT2D eigenvalue weighted by atomic mass is 10.0. The minimum absolute atomic E-state index is 0.0923. The first-order valence-electron chi connectivity index (χ1n) is 6.68. The highest BCUT2D eigenvalue weighted by atomic mass is 32.2. The molecule has 0 heterocycles. The summed E-state index contributed by atoms with van der Waals surface area (Å²) in [6.45, 7) is 0. The molecule has 0 radical (unpaired) electrons. The molecule has 2 rings (SSSR count). The molecule has 0 bridgehead atoms. The maximum atomic E-state index is 12.1. The van der Waals surface area contributed by atoms with Crippen molar-refractivity contribution >= 4 is 28.1 Å². The molecular weight excluding hydrogens is 260 g/mol. The summed E-state index contributed by atoms with van der Waals surface area (Å²) in [6, 6.07) is 6.95. The molecule has 1 atom stereocenters. The van der Waals surface area contributed by atoms with Crippen LogP contribution in [0.2, 0.25) is 0 Å². The highest BCUT2D eigenvalue weighted by Crippen LogP contribution is 2.22. The van der Waals surface area contributed by atoms with Gasteiger partial charge in [0.05, 0.1) is 0 Å². The molecule has 3 N–H and O–H groups in total. The summed E-state index contributed by atoms with van der Waals surface area (Å²) in [5.74, 6) is -0.0941. The maximum Gasteiger partial charge on any atom is 0.237 e. The average Bonchev–Trinajstić information content (AvgIpc) is 2.42. The van der Waals surface area contributed by atoms with Crippen molar-refractivity contribution in [3.05, 3.63) is 24.3 Å². The largest absolute Gasteiger partial charge is 0.399 e. The Morgan fingerprint density at radius 3 is 2.47 bits per heavy atom. The Hall–Kier alpha value is -1.36. The van der Waals surface area contributed by atoms with Crippen LogP contribution in [-0.2, 0) is 15.6 Å². The number of benzene rings is 1. The van der Waals surface area contributed by atoms with Crippen LogP contribution in [0.5, 0.6) is 0 Å². The van der Waals surface area contributed by atoms with Gasteiger partial charge in [0.1, 0.15) is 5.75 Å². The van der Waals surface area contributed by atoms with Crippen molar-refractivity contribution in [1.82, 2.24) is 0 Å². The molecule has 104 valence electrons. The van der Waals surface area contributed by atoms with Gasteiger partial charge in [0.2, 0.25) is 5.91 Å². The number of nitrogens with two attached hydrogens (primary N) is 1. The van der Waals surface area contributed by atoms with Crippen LogP contribution in [0.3, 0.4) is 0 Å². The van der Waals surface area contributed by atoms with Crippen LogP contribution in [0.15, 0.2) is 24.3 Å². The Morgan fingerprint density at radius 1 is 1.21 bits per heavy atom. The second kappa shape index (κ2) is 6.70. The number of nitrogen functional groups attached to an aromatic ring is 1. The topological polar surface area (TPSA) is 72.2 Å². The Balaban J connectivity index is 1.83. The minimum Gasteiger partial charge on any atom is -0.399 e. The van der Waals surface area contributed by atoms with E-state index in [2.05, 4.69) is 5.32 Å². The van der Waals surface area contributed by atoms with E-state index in [0.29, 0.717) is 11.4 Å². The minimum atomic E-state index is -1.05. The fraction of sp³-hybridized carbons (Fsp3) is 0.500. The van der Waals surface area contributed by atoms with Gasteiger partial charge in [-0.2, -0.15) is 0 Å². The molecule has 1 aliphatic rings. The SMILES string of the molecule is Nc1ccc(NC(=O)CS(=O)C2CCCCC2)cc1. The van der Waals surface area contributed by atoms with Crippen molar-refractivity contribution in [2.75, 3.05) is 16.8 Å². The summed E-state index contributed by atoms with van der Waals surface area (Å²) in [7, 11) is -1.05. The molecule has 19 heavy (non-hydrogen) atoms. The van der Waals surface area contributed by atoms with Crippen LogP contribution in [-0.4, -0.2) is 21.1 Å². The molecule has 4 nitrogen and oxygen atoms in total. The molecule has 1 aromatic rings. The van der Waals surface area contributed by atoms with Gasteiger partial charge in [0, 0.05) is 27.4 Å². The monoisotopic (exact) mass is 280 g/mol. The third-order valence-electron chi connectivity index (χ3n) is 3.39. The number of hydrogen-bond donors (Lipinski definition) is 2. The predicted octanol–water partition coefficient (Wildman–Crippen LogP) is 2.29. The van der Waals surface area contributed by atoms with Crippen LogP contribution in [0, 0.1) is 0 Å². The molecule has 5 heteroatoms. The highest BCUT2D eigenvalue weighted by molar-refractivity contribution is 7.86. The van der Waals surface area contributed by atoms with Gasteiger partial charge >= 0.3 is 0 Å². The van der Waals surface area contributed by atoms with Gasteiger partial charge in [-0.15, -0.1) is 0 Å². The Labute approximate surface area is 116 Å². The van der Waals surface area contributed by atoms with Crippen molar-refractivity contribution in [1.29, 1.82) is 0 Å². The number of carbonyl (C=O) groups is 1. The molecular formula is C14H20N2O2S. The van der Waals surface area contributed by atoms with Gasteiger partial charge in [-0.3, -0.25) is 9.00 Å². The van der Waals surface area contributed by atoms with Crippen LogP contribution >= 0.6 is 0 Å². The summed E-state index contributed by atoms with van der Waals surface area (Å²) < 4.78 is 12.1. The van der Waals surface area contributed by atoms with E-state index in [1.165, 1.54) is 6.42 Å². The van der Waals surface area contributed by atoms with Crippen LogP contribution in [0.4, 0.5) is 11.4 Å². The lowest BCUT2D eigenvalue weighted by Gasteiger charge is -2.20. The first kappa shape index (κ1) is 14.1. The normalized spacial score (nSPS) is 17.9. The molecule has 1 saturated carbocycles. The molecule has 1 amide bonds. The fourth-order valence-electron chi connectivity index (χ4n) is 2.34. The average molecular weight is 280 g/mol. The van der Waals surface area contributed by atoms with Gasteiger partial charge in [-0.25, -0.2) is 0 Å².